The minimum Gasteiger partial charge on any atom is -0.469 e. The molecular weight excluding hydrogens is 324 g/mol. The molecule has 20 heavy (non-hydrogen) atoms. The van der Waals surface area contributed by atoms with Crippen molar-refractivity contribution in [1.29, 1.82) is 0 Å². The molecule has 0 atom stereocenters. The Hall–Kier alpha value is -1.30. The van der Waals surface area contributed by atoms with Gasteiger partial charge >= 0.3 is 5.97 Å². The minimum atomic E-state index is -0.181. The highest BCUT2D eigenvalue weighted by molar-refractivity contribution is 9.10. The van der Waals surface area contributed by atoms with Crippen LogP contribution in [0.2, 0.25) is 0 Å². The van der Waals surface area contributed by atoms with Crippen LogP contribution in [0.3, 0.4) is 0 Å². The molecule has 1 aromatic heterocycles. The summed E-state index contributed by atoms with van der Waals surface area (Å²) >= 11 is 3.37. The summed E-state index contributed by atoms with van der Waals surface area (Å²) in [5.74, 6) is -0.245. The Morgan fingerprint density at radius 2 is 2.10 bits per heavy atom. The van der Waals surface area contributed by atoms with E-state index in [1.54, 1.807) is 0 Å². The van der Waals surface area contributed by atoms with Crippen molar-refractivity contribution < 1.29 is 14.3 Å². The van der Waals surface area contributed by atoms with Crippen LogP contribution >= 0.6 is 15.9 Å². The summed E-state index contributed by atoms with van der Waals surface area (Å²) in [5.41, 5.74) is 0.661. The largest absolute Gasteiger partial charge is 0.469 e. The lowest BCUT2D eigenvalue weighted by atomic mass is 10.2. The van der Waals surface area contributed by atoms with Gasteiger partial charge in [0.25, 0.3) is 5.91 Å². The average molecular weight is 345 g/mol. The fourth-order valence-electron chi connectivity index (χ4n) is 1.89. The average Bonchev–Trinajstić information content (AvgIpc) is 2.83. The number of carbonyl (C=O) groups is 2. The number of unbranched alkanes of at least 4 members (excludes halogenated alkanes) is 2. The van der Waals surface area contributed by atoms with Gasteiger partial charge in [0.1, 0.15) is 5.69 Å². The Morgan fingerprint density at radius 1 is 1.35 bits per heavy atom. The molecule has 0 aromatic carbocycles. The lowest BCUT2D eigenvalue weighted by Crippen LogP contribution is -2.26. The summed E-state index contributed by atoms with van der Waals surface area (Å²) in [5, 5.41) is 2.89. The number of nitrogens with zero attached hydrogens (tertiary/aromatic N) is 1. The van der Waals surface area contributed by atoms with Crippen LogP contribution in [0.15, 0.2) is 16.7 Å². The topological polar surface area (TPSA) is 60.3 Å². The highest BCUT2D eigenvalue weighted by Gasteiger charge is 2.11. The Morgan fingerprint density at radius 3 is 2.75 bits per heavy atom. The van der Waals surface area contributed by atoms with E-state index in [1.165, 1.54) is 7.11 Å². The molecule has 1 rings (SSSR count). The zero-order valence-electron chi connectivity index (χ0n) is 11.9. The SMILES string of the molecule is CCn1cc(Br)cc1C(=O)NCCCCCC(=O)OC. The van der Waals surface area contributed by atoms with Gasteiger partial charge in [0.05, 0.1) is 7.11 Å². The Bertz CT molecular complexity index is 457. The van der Waals surface area contributed by atoms with Crippen molar-refractivity contribution in [2.24, 2.45) is 0 Å². The number of halogens is 1. The van der Waals surface area contributed by atoms with Crippen molar-refractivity contribution in [3.8, 4) is 0 Å². The molecule has 1 N–H and O–H groups in total. The van der Waals surface area contributed by atoms with Gasteiger partial charge in [0, 0.05) is 30.2 Å². The summed E-state index contributed by atoms with van der Waals surface area (Å²) in [6.45, 7) is 3.37. The fourth-order valence-corrected chi connectivity index (χ4v) is 2.36. The van der Waals surface area contributed by atoms with Crippen LogP contribution in [0.25, 0.3) is 0 Å². The first-order valence-corrected chi connectivity index (χ1v) is 7.58. The number of carbonyl (C=O) groups excluding carboxylic acids is 2. The first-order valence-electron chi connectivity index (χ1n) is 6.79. The predicted molar refractivity (Wildman–Crippen MR) is 80.6 cm³/mol. The highest BCUT2D eigenvalue weighted by Crippen LogP contribution is 2.14. The third-order valence-electron chi connectivity index (χ3n) is 3.01. The third-order valence-corrected chi connectivity index (χ3v) is 3.44. The molecule has 0 aliphatic carbocycles. The number of ether oxygens (including phenoxy) is 1. The highest BCUT2D eigenvalue weighted by atomic mass is 79.9. The molecule has 1 amide bonds. The molecule has 0 spiro atoms. The molecule has 6 heteroatoms. The Balaban J connectivity index is 2.25. The lowest BCUT2D eigenvalue weighted by molar-refractivity contribution is -0.140. The third kappa shape index (κ3) is 5.36. The Kier molecular flexibility index (Phi) is 7.36. The van der Waals surface area contributed by atoms with E-state index in [9.17, 15) is 9.59 Å². The molecular formula is C14H21BrN2O3. The Labute approximate surface area is 127 Å². The number of esters is 1. The van der Waals surface area contributed by atoms with Gasteiger partial charge in [-0.15, -0.1) is 0 Å². The molecule has 0 bridgehead atoms. The first-order chi connectivity index (χ1) is 9.58. The monoisotopic (exact) mass is 344 g/mol. The van der Waals surface area contributed by atoms with Crippen molar-refractivity contribution in [1.82, 2.24) is 9.88 Å². The summed E-state index contributed by atoms with van der Waals surface area (Å²) in [4.78, 5) is 22.9. The van der Waals surface area contributed by atoms with Gasteiger partial charge < -0.3 is 14.6 Å². The van der Waals surface area contributed by atoms with E-state index >= 15 is 0 Å². The van der Waals surface area contributed by atoms with Gasteiger partial charge in [-0.1, -0.05) is 6.42 Å². The summed E-state index contributed by atoms with van der Waals surface area (Å²) in [6, 6.07) is 1.82. The molecule has 0 unspecified atom stereocenters. The van der Waals surface area contributed by atoms with Gasteiger partial charge in [-0.25, -0.2) is 0 Å². The first kappa shape index (κ1) is 16.8. The maximum atomic E-state index is 12.0. The van der Waals surface area contributed by atoms with E-state index in [4.69, 9.17) is 0 Å². The molecule has 5 nitrogen and oxygen atoms in total. The number of aryl methyl sites for hydroxylation is 1. The van der Waals surface area contributed by atoms with Crippen molar-refractivity contribution in [2.75, 3.05) is 13.7 Å². The number of aromatic nitrogens is 1. The van der Waals surface area contributed by atoms with E-state index in [-0.39, 0.29) is 11.9 Å². The number of hydrogen-bond donors (Lipinski definition) is 1. The van der Waals surface area contributed by atoms with E-state index in [0.29, 0.717) is 18.7 Å². The van der Waals surface area contributed by atoms with Crippen LogP contribution in [0.5, 0.6) is 0 Å². The lowest BCUT2D eigenvalue weighted by Gasteiger charge is -2.07. The molecule has 112 valence electrons. The van der Waals surface area contributed by atoms with Gasteiger partial charge in [-0.2, -0.15) is 0 Å². The predicted octanol–water partition coefficient (Wildman–Crippen LogP) is 2.73. The van der Waals surface area contributed by atoms with E-state index in [2.05, 4.69) is 26.0 Å². The van der Waals surface area contributed by atoms with Crippen LogP contribution in [-0.4, -0.2) is 30.1 Å². The molecule has 1 heterocycles. The standard InChI is InChI=1S/C14H21BrN2O3/c1-3-17-10-11(15)9-12(17)14(19)16-8-6-4-5-7-13(18)20-2/h9-10H,3-8H2,1-2H3,(H,16,19). The molecule has 0 saturated heterocycles. The zero-order valence-corrected chi connectivity index (χ0v) is 13.5. The van der Waals surface area contributed by atoms with Crippen LogP contribution in [-0.2, 0) is 16.1 Å². The van der Waals surface area contributed by atoms with Crippen LogP contribution in [0.1, 0.15) is 43.1 Å². The second kappa shape index (κ2) is 8.79. The zero-order chi connectivity index (χ0) is 15.0. The molecule has 1 aromatic rings. The van der Waals surface area contributed by atoms with Gasteiger partial charge in [-0.05, 0) is 41.8 Å². The molecule has 0 fully saturated rings. The van der Waals surface area contributed by atoms with Crippen LogP contribution in [0, 0.1) is 0 Å². The normalized spacial score (nSPS) is 10.3. The fraction of sp³-hybridized carbons (Fsp3) is 0.571. The minimum absolute atomic E-state index is 0.0643. The summed E-state index contributed by atoms with van der Waals surface area (Å²) in [7, 11) is 1.39. The maximum absolute atomic E-state index is 12.0. The quantitative estimate of drug-likeness (QED) is 0.582. The van der Waals surface area contributed by atoms with Crippen molar-refractivity contribution in [3.63, 3.8) is 0 Å². The number of amides is 1. The van der Waals surface area contributed by atoms with E-state index in [1.807, 2.05) is 23.8 Å². The van der Waals surface area contributed by atoms with Crippen LogP contribution in [0.4, 0.5) is 0 Å². The van der Waals surface area contributed by atoms with Crippen molar-refractivity contribution in [3.05, 3.63) is 22.4 Å². The number of nitrogens with one attached hydrogen (secondary N) is 1. The second-order valence-corrected chi connectivity index (χ2v) is 5.39. The van der Waals surface area contributed by atoms with E-state index < -0.39 is 0 Å². The van der Waals surface area contributed by atoms with Gasteiger partial charge in [0.15, 0.2) is 0 Å². The van der Waals surface area contributed by atoms with Crippen molar-refractivity contribution >= 4 is 27.8 Å². The maximum Gasteiger partial charge on any atom is 0.305 e. The molecule has 0 aliphatic rings. The number of methoxy groups -OCH3 is 1. The van der Waals surface area contributed by atoms with Gasteiger partial charge in [0.2, 0.25) is 0 Å². The number of hydrogen-bond acceptors (Lipinski definition) is 3. The molecule has 0 saturated carbocycles. The molecule has 0 radical (unpaired) electrons. The van der Waals surface area contributed by atoms with Crippen molar-refractivity contribution in [2.45, 2.75) is 39.2 Å². The molecule has 0 aliphatic heterocycles. The van der Waals surface area contributed by atoms with E-state index in [0.717, 1.165) is 30.3 Å². The summed E-state index contributed by atoms with van der Waals surface area (Å²) in [6.07, 6.45) is 4.88. The summed E-state index contributed by atoms with van der Waals surface area (Å²) < 4.78 is 7.37. The van der Waals surface area contributed by atoms with Gasteiger partial charge in [-0.3, -0.25) is 9.59 Å². The van der Waals surface area contributed by atoms with Crippen LogP contribution < -0.4 is 5.32 Å². The number of rotatable bonds is 8. The smallest absolute Gasteiger partial charge is 0.305 e. The second-order valence-electron chi connectivity index (χ2n) is 4.47.